The van der Waals surface area contributed by atoms with Gasteiger partial charge in [-0.1, -0.05) is 80.3 Å². The zero-order valence-corrected chi connectivity index (χ0v) is 28.6. The molecule has 45 heavy (non-hydrogen) atoms. The molecule has 0 atom stereocenters. The van der Waals surface area contributed by atoms with E-state index in [2.05, 4.69) is 98.8 Å². The average Bonchev–Trinajstić information content (AvgIpc) is 3.61. The second-order valence-corrected chi connectivity index (χ2v) is 13.1. The normalized spacial score (nSPS) is 13.7. The van der Waals surface area contributed by atoms with E-state index in [1.165, 1.54) is 16.7 Å². The maximum absolute atomic E-state index is 5.97. The molecule has 0 amide bonds. The van der Waals surface area contributed by atoms with Gasteiger partial charge in [0, 0.05) is 31.7 Å². The molecular weight excluding hydrogens is 731 g/mol. The van der Waals surface area contributed by atoms with Gasteiger partial charge in [0.15, 0.2) is 0 Å². The topological polar surface area (TPSA) is 43.9 Å². The number of fused-ring (bicyclic) bond motifs is 3. The van der Waals surface area contributed by atoms with Crippen molar-refractivity contribution in [3.05, 3.63) is 127 Å². The molecule has 0 N–H and O–H groups in total. The maximum Gasteiger partial charge on any atom is 0.120 e. The van der Waals surface area contributed by atoms with Crippen LogP contribution in [-0.4, -0.2) is 14.5 Å². The second kappa shape index (κ2) is 11.9. The number of allylic oxidation sites excluding steroid dienone is 1. The zero-order valence-electron chi connectivity index (χ0n) is 26.2. The fraction of sp³-hybridized carbons (Fsp3) is 0.200. The number of rotatable bonds is 3. The molecule has 4 aromatic carbocycles. The van der Waals surface area contributed by atoms with Crippen LogP contribution in [-0.2, 0) is 25.6 Å². The van der Waals surface area contributed by atoms with Crippen molar-refractivity contribution in [1.29, 1.82) is 0 Å². The summed E-state index contributed by atoms with van der Waals surface area (Å²) in [6.45, 7) is 11.5. The van der Waals surface area contributed by atoms with Crippen LogP contribution in [0.15, 0.2) is 113 Å². The van der Waals surface area contributed by atoms with E-state index in [-0.39, 0.29) is 31.1 Å². The molecule has 0 saturated carbocycles. The molecular formula is C40H35IrN3O-2. The minimum atomic E-state index is -0.116. The summed E-state index contributed by atoms with van der Waals surface area (Å²) in [6.07, 6.45) is 5.23. The molecule has 8 rings (SSSR count). The van der Waals surface area contributed by atoms with Gasteiger partial charge in [-0.05, 0) is 60.7 Å². The summed E-state index contributed by atoms with van der Waals surface area (Å²) in [6, 6.07) is 39.0. The molecule has 1 aliphatic rings. The van der Waals surface area contributed by atoms with E-state index < -0.39 is 0 Å². The van der Waals surface area contributed by atoms with E-state index in [1.54, 1.807) is 6.20 Å². The first-order valence-electron chi connectivity index (χ1n) is 15.1. The van der Waals surface area contributed by atoms with Crippen molar-refractivity contribution in [1.82, 2.24) is 14.5 Å². The van der Waals surface area contributed by atoms with Crippen LogP contribution in [0.3, 0.4) is 0 Å². The van der Waals surface area contributed by atoms with Crippen molar-refractivity contribution >= 4 is 39.0 Å². The van der Waals surface area contributed by atoms with Crippen LogP contribution in [0.1, 0.15) is 46.6 Å². The number of hydrogen-bond donors (Lipinski definition) is 0. The molecule has 0 saturated heterocycles. The summed E-state index contributed by atoms with van der Waals surface area (Å²) >= 11 is 0. The van der Waals surface area contributed by atoms with Crippen molar-refractivity contribution in [3.63, 3.8) is 0 Å². The monoisotopic (exact) mass is 766 g/mol. The van der Waals surface area contributed by atoms with Gasteiger partial charge in [-0.15, -0.1) is 54.1 Å². The smallest absolute Gasteiger partial charge is 0.120 e. The van der Waals surface area contributed by atoms with Crippen LogP contribution in [0, 0.1) is 17.5 Å². The Labute approximate surface area is 278 Å². The second-order valence-electron chi connectivity index (χ2n) is 13.1. The summed E-state index contributed by atoms with van der Waals surface area (Å²) < 4.78 is 8.39. The van der Waals surface area contributed by atoms with Gasteiger partial charge in [0.1, 0.15) is 5.58 Å². The van der Waals surface area contributed by atoms with Crippen LogP contribution in [0.5, 0.6) is 0 Å². The fourth-order valence-corrected chi connectivity index (χ4v) is 6.26. The van der Waals surface area contributed by atoms with E-state index >= 15 is 0 Å². The van der Waals surface area contributed by atoms with E-state index in [9.17, 15) is 0 Å². The number of aromatic nitrogens is 3. The Balaban J connectivity index is 0.000000160. The molecule has 3 aromatic heterocycles. The fourth-order valence-electron chi connectivity index (χ4n) is 6.26. The summed E-state index contributed by atoms with van der Waals surface area (Å²) in [4.78, 5) is 9.36. The van der Waals surface area contributed by atoms with Gasteiger partial charge in [0.05, 0.1) is 28.0 Å². The summed E-state index contributed by atoms with van der Waals surface area (Å²) in [5.41, 5.74) is 9.74. The van der Waals surface area contributed by atoms with Crippen molar-refractivity contribution in [2.75, 3.05) is 0 Å². The maximum atomic E-state index is 5.97. The first-order chi connectivity index (χ1) is 21.2. The zero-order chi connectivity index (χ0) is 30.5. The molecule has 4 nitrogen and oxygen atoms in total. The summed E-state index contributed by atoms with van der Waals surface area (Å²) in [5.74, 6) is 1.01. The van der Waals surface area contributed by atoms with Crippen LogP contribution < -0.4 is 0 Å². The van der Waals surface area contributed by atoms with Crippen LogP contribution >= 0.6 is 0 Å². The molecule has 5 heteroatoms. The number of imidazole rings is 1. The molecule has 0 aliphatic carbocycles. The average molecular weight is 766 g/mol. The third kappa shape index (κ3) is 5.67. The van der Waals surface area contributed by atoms with Gasteiger partial charge >= 0.3 is 0 Å². The molecule has 227 valence electrons. The Morgan fingerprint density at radius 3 is 2.38 bits per heavy atom. The predicted molar refractivity (Wildman–Crippen MR) is 181 cm³/mol. The standard InChI is InChI=1S/C23H25N2.C17H10NO.Ir/c1-22(2,3)15-18-14-17-12-9-13-19-20(17)25(23(18,4)5)21(24-19)16-10-7-6-8-11-16;1-2-10-16-12(6-1)13-7-5-8-14(17(13)19-16)15-9-3-4-11-18-15;/h6-10,12-14H,15H2,1-5H3;1-7,9-11H;/q2*-1;. The predicted octanol–water partition coefficient (Wildman–Crippen LogP) is 10.5. The first-order valence-corrected chi connectivity index (χ1v) is 15.1. The number of pyridine rings is 1. The largest absolute Gasteiger partial charge is 0.501 e. The van der Waals surface area contributed by atoms with Crippen molar-refractivity contribution in [3.8, 4) is 22.6 Å². The molecule has 4 heterocycles. The van der Waals surface area contributed by atoms with Gasteiger partial charge < -0.3 is 14.0 Å². The first kappa shape index (κ1) is 30.7. The van der Waals surface area contributed by atoms with Crippen LogP contribution in [0.2, 0.25) is 0 Å². The number of benzene rings is 4. The van der Waals surface area contributed by atoms with Crippen molar-refractivity contribution in [2.45, 2.75) is 46.6 Å². The Morgan fingerprint density at radius 2 is 1.62 bits per heavy atom. The summed E-state index contributed by atoms with van der Waals surface area (Å²) in [5, 5.41) is 2.23. The SMILES string of the molecule is CC(C)(C)CC1=Cc2cccc3nc(-c4[c-]cccc4)n(c23)C1(C)C.[Ir].[c-]1ccc2c(oc3ccccc32)c1-c1ccccn1. The minimum Gasteiger partial charge on any atom is -0.501 e. The summed E-state index contributed by atoms with van der Waals surface area (Å²) in [7, 11) is 0. The number of nitrogens with zero attached hydrogens (tertiary/aromatic N) is 3. The third-order valence-electron chi connectivity index (χ3n) is 8.31. The quantitative estimate of drug-likeness (QED) is 0.168. The molecule has 1 aliphatic heterocycles. The van der Waals surface area contributed by atoms with E-state index in [1.807, 2.05) is 60.7 Å². The van der Waals surface area contributed by atoms with Gasteiger partial charge in [0.25, 0.3) is 0 Å². The van der Waals surface area contributed by atoms with Crippen molar-refractivity contribution < 1.29 is 24.5 Å². The Morgan fingerprint density at radius 1 is 0.822 bits per heavy atom. The van der Waals surface area contributed by atoms with Crippen LogP contribution in [0.25, 0.3) is 61.7 Å². The number of hydrogen-bond acceptors (Lipinski definition) is 3. The Hall–Kier alpha value is -4.31. The molecule has 0 bridgehead atoms. The van der Waals surface area contributed by atoms with Gasteiger partial charge in [0.2, 0.25) is 0 Å². The Kier molecular flexibility index (Phi) is 8.11. The van der Waals surface area contributed by atoms with Crippen molar-refractivity contribution in [2.24, 2.45) is 5.41 Å². The number of furan rings is 1. The van der Waals surface area contributed by atoms with E-state index in [0.717, 1.165) is 56.5 Å². The molecule has 0 unspecified atom stereocenters. The minimum absolute atomic E-state index is 0. The molecule has 7 aromatic rings. The van der Waals surface area contributed by atoms with E-state index in [0.29, 0.717) is 0 Å². The van der Waals surface area contributed by atoms with Gasteiger partial charge in [-0.25, -0.2) is 0 Å². The van der Waals surface area contributed by atoms with E-state index in [4.69, 9.17) is 9.40 Å². The van der Waals surface area contributed by atoms with Crippen LogP contribution in [0.4, 0.5) is 0 Å². The molecule has 0 spiro atoms. The third-order valence-corrected chi connectivity index (χ3v) is 8.31. The Bertz CT molecular complexity index is 2150. The molecule has 0 fully saturated rings. The number of para-hydroxylation sites is 2. The van der Waals surface area contributed by atoms with Gasteiger partial charge in [-0.3, -0.25) is 4.98 Å². The molecule has 1 radical (unpaired) electrons. The van der Waals surface area contributed by atoms with Gasteiger partial charge in [-0.2, -0.15) is 0 Å².